The Morgan fingerprint density at radius 3 is 2.09 bits per heavy atom. The number of carbonyl (C=O) groups is 1. The molecule has 0 radical (unpaired) electrons. The molecule has 0 aliphatic heterocycles. The van der Waals surface area contributed by atoms with E-state index < -0.39 is 11.8 Å². The Hall–Kier alpha value is -3.63. The number of nitrogens with zero attached hydrogens (tertiary/aromatic N) is 2. The molecule has 0 saturated carbocycles. The van der Waals surface area contributed by atoms with E-state index >= 15 is 0 Å². The van der Waals surface area contributed by atoms with Crippen LogP contribution in [0.25, 0.3) is 0 Å². The van der Waals surface area contributed by atoms with Crippen molar-refractivity contribution in [2.45, 2.75) is 44.9 Å². The molecule has 160 valence electrons. The minimum Gasteiger partial charge on any atom is -0.497 e. The van der Waals surface area contributed by atoms with Crippen molar-refractivity contribution in [2.75, 3.05) is 7.11 Å². The molecule has 0 heterocycles. The number of hydrogen-bond donors (Lipinski definition) is 0. The van der Waals surface area contributed by atoms with Gasteiger partial charge in [-0.25, -0.2) is 0 Å². The van der Waals surface area contributed by atoms with E-state index in [0.29, 0.717) is 23.1 Å². The SMILES string of the molecule is COc1ccc(C2C(C#N)=C(C#N)C(c3ccccc3)C3=C2CCC(C)(C)CC3=O)cc1. The van der Waals surface area contributed by atoms with E-state index in [4.69, 9.17) is 4.74 Å². The van der Waals surface area contributed by atoms with Crippen LogP contribution in [-0.4, -0.2) is 12.9 Å². The molecule has 4 heteroatoms. The fourth-order valence-electron chi connectivity index (χ4n) is 5.07. The van der Waals surface area contributed by atoms with Crippen molar-refractivity contribution < 1.29 is 9.53 Å². The predicted molar refractivity (Wildman–Crippen MR) is 123 cm³/mol. The number of nitriles is 2. The summed E-state index contributed by atoms with van der Waals surface area (Å²) in [6.07, 6.45) is 2.01. The summed E-state index contributed by atoms with van der Waals surface area (Å²) in [7, 11) is 1.61. The molecule has 0 aromatic heterocycles. The van der Waals surface area contributed by atoms with Crippen LogP contribution in [0.4, 0.5) is 0 Å². The zero-order valence-electron chi connectivity index (χ0n) is 18.7. The van der Waals surface area contributed by atoms with Crippen LogP contribution in [-0.2, 0) is 4.79 Å². The number of Topliss-reactive ketones (excluding diaryl/α,β-unsaturated/α-hetero) is 1. The highest BCUT2D eigenvalue weighted by Crippen LogP contribution is 2.52. The maximum absolute atomic E-state index is 13.7. The van der Waals surface area contributed by atoms with Crippen molar-refractivity contribution in [3.05, 3.63) is 88.0 Å². The van der Waals surface area contributed by atoms with Crippen LogP contribution in [0.3, 0.4) is 0 Å². The molecule has 0 spiro atoms. The number of methoxy groups -OCH3 is 1. The average molecular weight is 423 g/mol. The molecule has 2 aromatic carbocycles. The molecular weight excluding hydrogens is 396 g/mol. The van der Waals surface area contributed by atoms with E-state index in [1.165, 1.54) is 0 Å². The van der Waals surface area contributed by atoms with Gasteiger partial charge in [0.25, 0.3) is 0 Å². The van der Waals surface area contributed by atoms with Crippen molar-refractivity contribution in [3.8, 4) is 17.9 Å². The lowest BCUT2D eigenvalue weighted by atomic mass is 9.67. The van der Waals surface area contributed by atoms with Gasteiger partial charge in [-0.15, -0.1) is 0 Å². The highest BCUT2D eigenvalue weighted by Gasteiger charge is 2.43. The van der Waals surface area contributed by atoms with Gasteiger partial charge in [-0.2, -0.15) is 10.5 Å². The van der Waals surface area contributed by atoms with E-state index in [9.17, 15) is 15.3 Å². The Labute approximate surface area is 189 Å². The van der Waals surface area contributed by atoms with Gasteiger partial charge in [0.05, 0.1) is 30.4 Å². The molecule has 0 saturated heterocycles. The lowest BCUT2D eigenvalue weighted by Crippen LogP contribution is -2.25. The zero-order valence-corrected chi connectivity index (χ0v) is 18.7. The summed E-state index contributed by atoms with van der Waals surface area (Å²) in [5, 5.41) is 20.4. The van der Waals surface area contributed by atoms with Gasteiger partial charge in [-0.3, -0.25) is 4.79 Å². The van der Waals surface area contributed by atoms with Crippen LogP contribution in [0.15, 0.2) is 76.9 Å². The summed E-state index contributed by atoms with van der Waals surface area (Å²) in [6.45, 7) is 4.24. The lowest BCUT2D eigenvalue weighted by Gasteiger charge is -2.33. The maximum atomic E-state index is 13.7. The van der Waals surface area contributed by atoms with Crippen molar-refractivity contribution in [3.63, 3.8) is 0 Å². The largest absolute Gasteiger partial charge is 0.497 e. The minimum atomic E-state index is -0.498. The van der Waals surface area contributed by atoms with Gasteiger partial charge in [-0.1, -0.05) is 56.3 Å². The fraction of sp³-hybridized carbons (Fsp3) is 0.321. The molecule has 0 amide bonds. The first-order valence-electron chi connectivity index (χ1n) is 10.9. The zero-order chi connectivity index (χ0) is 22.9. The van der Waals surface area contributed by atoms with Crippen molar-refractivity contribution >= 4 is 5.78 Å². The van der Waals surface area contributed by atoms with E-state index in [1.807, 2.05) is 54.6 Å². The molecule has 2 unspecified atom stereocenters. The van der Waals surface area contributed by atoms with Gasteiger partial charge >= 0.3 is 0 Å². The van der Waals surface area contributed by atoms with E-state index in [2.05, 4.69) is 26.0 Å². The average Bonchev–Trinajstić information content (AvgIpc) is 2.92. The number of ether oxygens (including phenoxy) is 1. The standard InChI is InChI=1S/C28H26N2O2/c1-28(2)14-13-21-25(19-9-11-20(32-3)12-10-19)22(16-29)23(17-30)26(27(21)24(31)15-28)18-7-5-4-6-8-18/h4-12,25-26H,13-15H2,1-3H3. The molecule has 2 aliphatic carbocycles. The summed E-state index contributed by atoms with van der Waals surface area (Å²) < 4.78 is 5.30. The lowest BCUT2D eigenvalue weighted by molar-refractivity contribution is -0.117. The van der Waals surface area contributed by atoms with Gasteiger partial charge < -0.3 is 4.74 Å². The third kappa shape index (κ3) is 3.74. The first kappa shape index (κ1) is 21.6. The van der Waals surface area contributed by atoms with Gasteiger partial charge in [0.15, 0.2) is 5.78 Å². The monoisotopic (exact) mass is 422 g/mol. The van der Waals surface area contributed by atoms with Crippen LogP contribution in [0.2, 0.25) is 0 Å². The summed E-state index contributed by atoms with van der Waals surface area (Å²) >= 11 is 0. The maximum Gasteiger partial charge on any atom is 0.160 e. The third-order valence-corrected chi connectivity index (χ3v) is 6.68. The number of rotatable bonds is 3. The molecular formula is C28H26N2O2. The van der Waals surface area contributed by atoms with E-state index in [0.717, 1.165) is 35.3 Å². The molecule has 0 fully saturated rings. The quantitative estimate of drug-likeness (QED) is 0.608. The number of benzene rings is 2. The summed E-state index contributed by atoms with van der Waals surface area (Å²) in [5.74, 6) is -0.0864. The van der Waals surface area contributed by atoms with E-state index in [1.54, 1.807) is 7.11 Å². The number of hydrogen-bond acceptors (Lipinski definition) is 4. The molecule has 4 nitrogen and oxygen atoms in total. The molecule has 2 aliphatic rings. The summed E-state index contributed by atoms with van der Waals surface area (Å²) in [6, 6.07) is 21.9. The van der Waals surface area contributed by atoms with Gasteiger partial charge in [-0.05, 0) is 47.1 Å². The predicted octanol–water partition coefficient (Wildman–Crippen LogP) is 6.00. The summed E-state index contributed by atoms with van der Waals surface area (Å²) in [4.78, 5) is 13.7. The van der Waals surface area contributed by atoms with Crippen molar-refractivity contribution in [1.29, 1.82) is 10.5 Å². The highest BCUT2D eigenvalue weighted by molar-refractivity contribution is 6.00. The van der Waals surface area contributed by atoms with E-state index in [-0.39, 0.29) is 11.2 Å². The Morgan fingerprint density at radius 2 is 1.50 bits per heavy atom. The first-order chi connectivity index (χ1) is 15.4. The number of carbonyl (C=O) groups excluding carboxylic acids is 1. The van der Waals surface area contributed by atoms with Crippen LogP contribution in [0, 0.1) is 28.1 Å². The van der Waals surface area contributed by atoms with Gasteiger partial charge in [0.2, 0.25) is 0 Å². The first-order valence-corrected chi connectivity index (χ1v) is 10.9. The molecule has 0 N–H and O–H groups in total. The molecule has 4 rings (SSSR count). The highest BCUT2D eigenvalue weighted by atomic mass is 16.5. The van der Waals surface area contributed by atoms with Crippen LogP contribution in [0.5, 0.6) is 5.75 Å². The van der Waals surface area contributed by atoms with Gasteiger partial charge in [0, 0.05) is 23.8 Å². The number of allylic oxidation sites excluding steroid dienone is 4. The summed E-state index contributed by atoms with van der Waals surface area (Å²) in [5.41, 5.74) is 4.16. The van der Waals surface area contributed by atoms with Crippen LogP contribution >= 0.6 is 0 Å². The molecule has 2 aromatic rings. The fourth-order valence-corrected chi connectivity index (χ4v) is 5.07. The Bertz CT molecular complexity index is 1190. The van der Waals surface area contributed by atoms with Crippen LogP contribution in [0.1, 0.15) is 56.1 Å². The molecule has 2 atom stereocenters. The Morgan fingerprint density at radius 1 is 0.906 bits per heavy atom. The normalized spacial score (nSPS) is 22.5. The second-order valence-corrected chi connectivity index (χ2v) is 9.30. The van der Waals surface area contributed by atoms with Crippen molar-refractivity contribution in [1.82, 2.24) is 0 Å². The Balaban J connectivity index is 2.00. The van der Waals surface area contributed by atoms with Crippen molar-refractivity contribution in [2.24, 2.45) is 5.41 Å². The topological polar surface area (TPSA) is 73.9 Å². The smallest absolute Gasteiger partial charge is 0.160 e. The van der Waals surface area contributed by atoms with Gasteiger partial charge in [0.1, 0.15) is 5.75 Å². The minimum absolute atomic E-state index is 0.0830. The second-order valence-electron chi connectivity index (χ2n) is 9.30. The Kier molecular flexibility index (Phi) is 5.72. The molecule has 32 heavy (non-hydrogen) atoms. The molecule has 0 bridgehead atoms. The van der Waals surface area contributed by atoms with Crippen LogP contribution < -0.4 is 4.74 Å². The third-order valence-electron chi connectivity index (χ3n) is 6.68. The number of ketones is 1. The second kappa shape index (κ2) is 8.48.